The van der Waals surface area contributed by atoms with E-state index in [1.54, 1.807) is 29.1 Å². The summed E-state index contributed by atoms with van der Waals surface area (Å²) < 4.78 is 29.9. The summed E-state index contributed by atoms with van der Waals surface area (Å²) in [5.74, 6) is 2.11. The molecule has 3 atom stereocenters. The number of alkyl carbamates (subject to hydrolysis) is 1. The topological polar surface area (TPSA) is 136 Å². The molecular weight excluding hydrogens is 505 g/mol. The Bertz CT molecular complexity index is 1510. The van der Waals surface area contributed by atoms with Gasteiger partial charge in [-0.25, -0.2) is 19.2 Å². The molecule has 4 aromatic rings. The number of aromatic nitrogens is 7. The zero-order valence-corrected chi connectivity index (χ0v) is 21.7. The Morgan fingerprint density at radius 3 is 2.95 bits per heavy atom. The number of hydrogen-bond donors (Lipinski definition) is 3. The van der Waals surface area contributed by atoms with Crippen molar-refractivity contribution >= 4 is 23.5 Å². The molecule has 1 saturated heterocycles. The Balaban J connectivity index is 1.05. The Kier molecular flexibility index (Phi) is 5.58. The molecule has 13 heteroatoms. The molecule has 2 bridgehead atoms. The molecule has 5 heterocycles. The summed E-state index contributed by atoms with van der Waals surface area (Å²) in [5, 5.41) is 17.7. The van der Waals surface area contributed by atoms with Crippen molar-refractivity contribution in [3.05, 3.63) is 42.6 Å². The van der Waals surface area contributed by atoms with E-state index >= 15 is 4.39 Å². The lowest BCUT2D eigenvalue weighted by atomic mass is 9.50. The zero-order chi connectivity index (χ0) is 26.7. The van der Waals surface area contributed by atoms with Gasteiger partial charge in [0.25, 0.3) is 0 Å². The van der Waals surface area contributed by atoms with Gasteiger partial charge in [0, 0.05) is 48.4 Å². The molecule has 4 aliphatic rings. The lowest BCUT2D eigenvalue weighted by Gasteiger charge is -2.61. The number of imidazole rings is 1. The monoisotopic (exact) mass is 535 g/mol. The molecule has 8 rings (SSSR count). The van der Waals surface area contributed by atoms with Gasteiger partial charge in [-0.05, 0) is 31.1 Å². The minimum absolute atomic E-state index is 0.0274. The van der Waals surface area contributed by atoms with Crippen LogP contribution in [0.3, 0.4) is 0 Å². The van der Waals surface area contributed by atoms with E-state index in [0.29, 0.717) is 34.7 Å². The number of aromatic amines is 1. The summed E-state index contributed by atoms with van der Waals surface area (Å²) in [6.07, 6.45) is 6.17. The highest BCUT2D eigenvalue weighted by Gasteiger charge is 2.58. The van der Waals surface area contributed by atoms with E-state index < -0.39 is 24.5 Å². The highest BCUT2D eigenvalue weighted by Crippen LogP contribution is 2.57. The van der Waals surface area contributed by atoms with Crippen molar-refractivity contribution in [2.45, 2.75) is 63.6 Å². The molecule has 4 fully saturated rings. The van der Waals surface area contributed by atoms with Crippen molar-refractivity contribution in [2.75, 3.05) is 11.9 Å². The lowest BCUT2D eigenvalue weighted by Crippen LogP contribution is -2.68. The van der Waals surface area contributed by atoms with E-state index in [9.17, 15) is 4.79 Å². The number of fused-ring (bicyclic) bond motifs is 1. The summed E-state index contributed by atoms with van der Waals surface area (Å²) in [7, 11) is 0. The number of carbonyl (C=O) groups excluding carboxylic acids is 1. The fourth-order valence-electron chi connectivity index (χ4n) is 5.74. The first kappa shape index (κ1) is 24.1. The highest BCUT2D eigenvalue weighted by molar-refractivity contribution is 5.69. The maximum absolute atomic E-state index is 15.2. The Labute approximate surface area is 223 Å². The van der Waals surface area contributed by atoms with E-state index in [2.05, 4.69) is 44.8 Å². The third-order valence-corrected chi connectivity index (χ3v) is 7.76. The first-order chi connectivity index (χ1) is 18.8. The number of nitrogens with one attached hydrogen (secondary N) is 3. The van der Waals surface area contributed by atoms with Gasteiger partial charge in [-0.15, -0.1) is 0 Å². The summed E-state index contributed by atoms with van der Waals surface area (Å²) in [4.78, 5) is 21.5. The molecular formula is C26H30FN9O3. The fraction of sp³-hybridized carbons (Fsp3) is 0.500. The number of amides is 1. The Morgan fingerprint density at radius 2 is 2.18 bits per heavy atom. The van der Waals surface area contributed by atoms with Crippen LogP contribution < -0.4 is 10.6 Å². The molecule has 204 valence electrons. The van der Waals surface area contributed by atoms with Crippen LogP contribution in [0.1, 0.15) is 44.9 Å². The number of rotatable bonds is 8. The van der Waals surface area contributed by atoms with E-state index in [4.69, 9.17) is 14.5 Å². The number of anilines is 2. The van der Waals surface area contributed by atoms with E-state index in [0.717, 1.165) is 37.3 Å². The summed E-state index contributed by atoms with van der Waals surface area (Å²) in [6.45, 7) is 5.06. The number of halogens is 1. The van der Waals surface area contributed by atoms with Gasteiger partial charge in [-0.2, -0.15) is 10.2 Å². The van der Waals surface area contributed by atoms with Crippen LogP contribution in [-0.4, -0.2) is 64.9 Å². The predicted molar refractivity (Wildman–Crippen MR) is 138 cm³/mol. The third-order valence-electron chi connectivity index (χ3n) is 7.76. The van der Waals surface area contributed by atoms with Gasteiger partial charge in [0.15, 0.2) is 18.1 Å². The molecule has 3 saturated carbocycles. The molecule has 3 aliphatic carbocycles. The molecule has 0 radical (unpaired) electrons. The molecule has 0 spiro atoms. The first-order valence-corrected chi connectivity index (χ1v) is 13.3. The maximum atomic E-state index is 15.2. The number of H-pyrrole nitrogens is 1. The standard InChI is InChI=1S/C26H30FN9O3/c1-14(2)11-35-12-16(10-29-35)17-6-21-28-3-4-36(21)24(30-17)31-20-5-18(33-34-20)23-22(27)19(13-38-23)39-25(37)32-26-7-15(8-26)9-26/h3-6,10,12,14-15,19,22-23H,7-9,11,13H2,1-2H3,(H,32,37)(H2,30,31,33,34)/t15?,19-,22+,23-,26?/m1/s1. The minimum atomic E-state index is -1.53. The second-order valence-corrected chi connectivity index (χ2v) is 11.3. The second-order valence-electron chi connectivity index (χ2n) is 11.3. The highest BCUT2D eigenvalue weighted by atomic mass is 19.1. The molecule has 39 heavy (non-hydrogen) atoms. The largest absolute Gasteiger partial charge is 0.441 e. The van der Waals surface area contributed by atoms with Gasteiger partial charge in [0.2, 0.25) is 5.95 Å². The van der Waals surface area contributed by atoms with Crippen molar-refractivity contribution in [1.82, 2.24) is 39.7 Å². The van der Waals surface area contributed by atoms with Gasteiger partial charge in [0.1, 0.15) is 11.8 Å². The molecule has 0 unspecified atom stereocenters. The maximum Gasteiger partial charge on any atom is 0.408 e. The zero-order valence-electron chi connectivity index (χ0n) is 21.7. The van der Waals surface area contributed by atoms with E-state index in [1.807, 2.05) is 16.9 Å². The fourth-order valence-corrected chi connectivity index (χ4v) is 5.74. The lowest BCUT2D eigenvalue weighted by molar-refractivity contribution is -0.0528. The normalized spacial score (nSPS) is 27.4. The number of ether oxygens (including phenoxy) is 2. The molecule has 0 aromatic carbocycles. The van der Waals surface area contributed by atoms with Crippen LogP contribution in [-0.2, 0) is 16.0 Å². The van der Waals surface area contributed by atoms with Crippen molar-refractivity contribution in [2.24, 2.45) is 11.8 Å². The SMILES string of the molecule is CC(C)Cn1cc(-c2cc3nccn3c(Nc3cc([C@H]4OC[C@@H](OC(=O)NC56CC(C5)C6)[C@@H]4F)[nH]n3)n2)cn1. The minimum Gasteiger partial charge on any atom is -0.441 e. The van der Waals surface area contributed by atoms with Gasteiger partial charge in [0.05, 0.1) is 24.2 Å². The second kappa shape index (κ2) is 9.04. The van der Waals surface area contributed by atoms with Crippen molar-refractivity contribution < 1.29 is 18.7 Å². The average molecular weight is 536 g/mol. The van der Waals surface area contributed by atoms with Gasteiger partial charge >= 0.3 is 6.09 Å². The number of carbonyl (C=O) groups is 1. The predicted octanol–water partition coefficient (Wildman–Crippen LogP) is 3.77. The van der Waals surface area contributed by atoms with Crippen LogP contribution in [0.25, 0.3) is 16.9 Å². The molecule has 4 aromatic heterocycles. The van der Waals surface area contributed by atoms with Gasteiger partial charge in [-0.1, -0.05) is 13.8 Å². The van der Waals surface area contributed by atoms with Crippen LogP contribution in [0.5, 0.6) is 0 Å². The van der Waals surface area contributed by atoms with Crippen LogP contribution in [0.2, 0.25) is 0 Å². The van der Waals surface area contributed by atoms with E-state index in [1.165, 1.54) is 0 Å². The van der Waals surface area contributed by atoms with Crippen LogP contribution in [0.15, 0.2) is 36.9 Å². The number of hydrogen-bond acceptors (Lipinski definition) is 8. The van der Waals surface area contributed by atoms with Crippen LogP contribution in [0, 0.1) is 11.8 Å². The number of alkyl halides is 1. The van der Waals surface area contributed by atoms with Crippen molar-refractivity contribution in [3.63, 3.8) is 0 Å². The van der Waals surface area contributed by atoms with Crippen molar-refractivity contribution in [1.29, 1.82) is 0 Å². The number of nitrogens with zero attached hydrogens (tertiary/aromatic N) is 6. The molecule has 12 nitrogen and oxygen atoms in total. The molecule has 3 N–H and O–H groups in total. The average Bonchev–Trinajstić information content (AvgIpc) is 3.64. The third kappa shape index (κ3) is 4.40. The Hall–Kier alpha value is -4.00. The quantitative estimate of drug-likeness (QED) is 0.310. The summed E-state index contributed by atoms with van der Waals surface area (Å²) in [6, 6.07) is 3.56. The summed E-state index contributed by atoms with van der Waals surface area (Å²) in [5.41, 5.74) is 2.59. The smallest absolute Gasteiger partial charge is 0.408 e. The van der Waals surface area contributed by atoms with Gasteiger partial charge < -0.3 is 20.1 Å². The Morgan fingerprint density at radius 1 is 1.33 bits per heavy atom. The van der Waals surface area contributed by atoms with Crippen molar-refractivity contribution in [3.8, 4) is 11.3 Å². The molecule has 1 amide bonds. The van der Waals surface area contributed by atoms with Crippen LogP contribution in [0.4, 0.5) is 21.0 Å². The molecule has 1 aliphatic heterocycles. The van der Waals surface area contributed by atoms with E-state index in [-0.39, 0.29) is 12.1 Å². The van der Waals surface area contributed by atoms with Gasteiger partial charge in [-0.3, -0.25) is 14.2 Å². The first-order valence-electron chi connectivity index (χ1n) is 13.3. The van der Waals surface area contributed by atoms with Crippen LogP contribution >= 0.6 is 0 Å². The summed E-state index contributed by atoms with van der Waals surface area (Å²) >= 11 is 0.